The molecular formula is C32H71ClN2. The molecule has 0 saturated carbocycles. The van der Waals surface area contributed by atoms with Crippen LogP contribution in [0.15, 0.2) is 0 Å². The monoisotopic (exact) mass is 519 g/mol. The van der Waals surface area contributed by atoms with E-state index < -0.39 is 0 Å². The second-order valence-corrected chi connectivity index (χ2v) is 10.7. The van der Waals surface area contributed by atoms with E-state index in [1.807, 2.05) is 0 Å². The molecule has 0 aromatic rings. The Bertz CT molecular complexity index is 259. The standard InChI is InChI=1S/C16H35N.C8H17Cl.C8H19N/c1-3-5-7-9-11-13-15-17-16-14-12-10-8-6-4-2;2*1-2-3-4-5-6-7-8-9/h17H,3-16H2,1-2H3;2-8H2,1H3;2-9H2,1H3. The van der Waals surface area contributed by atoms with Crippen LogP contribution in [0.4, 0.5) is 0 Å². The van der Waals surface area contributed by atoms with Crippen LogP contribution in [0.25, 0.3) is 0 Å². The zero-order chi connectivity index (χ0) is 26.5. The van der Waals surface area contributed by atoms with Crippen molar-refractivity contribution in [3.8, 4) is 0 Å². The summed E-state index contributed by atoms with van der Waals surface area (Å²) in [5, 5.41) is 3.57. The van der Waals surface area contributed by atoms with Gasteiger partial charge in [0.1, 0.15) is 0 Å². The number of hydrogen-bond acceptors (Lipinski definition) is 2. The van der Waals surface area contributed by atoms with Gasteiger partial charge in [-0.25, -0.2) is 0 Å². The number of hydrogen-bond donors (Lipinski definition) is 2. The van der Waals surface area contributed by atoms with Crippen molar-refractivity contribution in [2.75, 3.05) is 25.5 Å². The maximum Gasteiger partial charge on any atom is 0.0223 e. The first-order valence-electron chi connectivity index (χ1n) is 16.2. The summed E-state index contributed by atoms with van der Waals surface area (Å²) < 4.78 is 0. The third-order valence-electron chi connectivity index (χ3n) is 6.46. The van der Waals surface area contributed by atoms with Crippen LogP contribution in [0.5, 0.6) is 0 Å². The number of rotatable bonds is 26. The van der Waals surface area contributed by atoms with Crippen LogP contribution in [0.1, 0.15) is 182 Å². The van der Waals surface area contributed by atoms with Crippen molar-refractivity contribution in [3.05, 3.63) is 0 Å². The summed E-state index contributed by atoms with van der Waals surface area (Å²) >= 11 is 5.51. The molecule has 0 unspecified atom stereocenters. The molecule has 0 atom stereocenters. The van der Waals surface area contributed by atoms with Crippen LogP contribution in [-0.2, 0) is 0 Å². The van der Waals surface area contributed by atoms with Crippen LogP contribution in [0, 0.1) is 0 Å². The molecule has 2 nitrogen and oxygen atoms in total. The van der Waals surface area contributed by atoms with Gasteiger partial charge in [0.15, 0.2) is 0 Å². The number of nitrogens with two attached hydrogens (primary N) is 1. The van der Waals surface area contributed by atoms with E-state index in [-0.39, 0.29) is 0 Å². The summed E-state index contributed by atoms with van der Waals surface area (Å²) in [4.78, 5) is 0. The number of unbranched alkanes of at least 4 members (excludes halogenated alkanes) is 20. The smallest absolute Gasteiger partial charge is 0.0223 e. The van der Waals surface area contributed by atoms with Crippen molar-refractivity contribution in [2.45, 2.75) is 182 Å². The number of alkyl halides is 1. The molecule has 0 aliphatic heterocycles. The molecule has 216 valence electrons. The fraction of sp³-hybridized carbons (Fsp3) is 1.00. The lowest BCUT2D eigenvalue weighted by molar-refractivity contribution is 0.543. The summed E-state index contributed by atoms with van der Waals surface area (Å²) in [6.07, 6.45) is 33.0. The second kappa shape index (κ2) is 44.2. The molecule has 0 aromatic heterocycles. The van der Waals surface area contributed by atoms with E-state index >= 15 is 0 Å². The summed E-state index contributed by atoms with van der Waals surface area (Å²) in [6, 6.07) is 0. The van der Waals surface area contributed by atoms with Crippen molar-refractivity contribution >= 4 is 11.6 Å². The van der Waals surface area contributed by atoms with Gasteiger partial charge in [0.2, 0.25) is 0 Å². The van der Waals surface area contributed by atoms with Crippen molar-refractivity contribution in [3.63, 3.8) is 0 Å². The molecular weight excluding hydrogens is 448 g/mol. The molecule has 0 aliphatic rings. The second-order valence-electron chi connectivity index (χ2n) is 10.3. The Balaban J connectivity index is -0.000000481. The van der Waals surface area contributed by atoms with Crippen LogP contribution < -0.4 is 11.1 Å². The van der Waals surface area contributed by atoms with Gasteiger partial charge in [-0.15, -0.1) is 11.6 Å². The lowest BCUT2D eigenvalue weighted by Crippen LogP contribution is -2.16. The molecule has 0 saturated heterocycles. The Morgan fingerprint density at radius 3 is 1.00 bits per heavy atom. The summed E-state index contributed by atoms with van der Waals surface area (Å²) in [6.45, 7) is 12.4. The Morgan fingerprint density at radius 2 is 0.686 bits per heavy atom. The topological polar surface area (TPSA) is 38.0 Å². The SMILES string of the molecule is CCCCCCCCCl.CCCCCCCCN.CCCCCCCCNCCCCCCCC. The molecule has 0 aromatic carbocycles. The van der Waals surface area contributed by atoms with Gasteiger partial charge in [-0.2, -0.15) is 0 Å². The van der Waals surface area contributed by atoms with E-state index in [0.29, 0.717) is 0 Å². The highest BCUT2D eigenvalue weighted by molar-refractivity contribution is 6.17. The minimum absolute atomic E-state index is 0.839. The normalized spacial score (nSPS) is 10.5. The first kappa shape index (κ1) is 39.7. The van der Waals surface area contributed by atoms with E-state index in [1.54, 1.807) is 0 Å². The van der Waals surface area contributed by atoms with Gasteiger partial charge in [-0.3, -0.25) is 0 Å². The molecule has 0 rings (SSSR count). The summed E-state index contributed by atoms with van der Waals surface area (Å²) in [7, 11) is 0. The maximum absolute atomic E-state index is 5.51. The van der Waals surface area contributed by atoms with Gasteiger partial charge in [0, 0.05) is 5.88 Å². The molecule has 3 heteroatoms. The maximum atomic E-state index is 5.51. The van der Waals surface area contributed by atoms with Crippen molar-refractivity contribution < 1.29 is 0 Å². The van der Waals surface area contributed by atoms with E-state index in [2.05, 4.69) is 33.0 Å². The van der Waals surface area contributed by atoms with Crippen LogP contribution in [-0.4, -0.2) is 25.5 Å². The molecule has 35 heavy (non-hydrogen) atoms. The molecule has 0 spiro atoms. The average molecular weight is 519 g/mol. The lowest BCUT2D eigenvalue weighted by atomic mass is 10.1. The molecule has 0 radical (unpaired) electrons. The summed E-state index contributed by atoms with van der Waals surface area (Å²) in [5.74, 6) is 0.839. The molecule has 0 heterocycles. The first-order valence-corrected chi connectivity index (χ1v) is 16.7. The highest BCUT2D eigenvalue weighted by Gasteiger charge is 1.92. The van der Waals surface area contributed by atoms with Crippen LogP contribution >= 0.6 is 11.6 Å². The van der Waals surface area contributed by atoms with Crippen LogP contribution in [0.2, 0.25) is 0 Å². The zero-order valence-corrected chi connectivity index (χ0v) is 26.0. The predicted octanol–water partition coefficient (Wildman–Crippen LogP) is 11.2. The minimum Gasteiger partial charge on any atom is -0.330 e. The highest BCUT2D eigenvalue weighted by Crippen LogP contribution is 2.06. The van der Waals surface area contributed by atoms with Gasteiger partial charge < -0.3 is 11.1 Å². The number of halogens is 1. The fourth-order valence-electron chi connectivity index (χ4n) is 3.99. The average Bonchev–Trinajstić information content (AvgIpc) is 2.87. The van der Waals surface area contributed by atoms with E-state index in [4.69, 9.17) is 17.3 Å². The largest absolute Gasteiger partial charge is 0.330 e. The van der Waals surface area contributed by atoms with E-state index in [0.717, 1.165) is 12.4 Å². The minimum atomic E-state index is 0.839. The Morgan fingerprint density at radius 1 is 0.400 bits per heavy atom. The van der Waals surface area contributed by atoms with Gasteiger partial charge in [0.05, 0.1) is 0 Å². The highest BCUT2D eigenvalue weighted by atomic mass is 35.5. The quantitative estimate of drug-likeness (QED) is 0.0881. The first-order chi connectivity index (χ1) is 17.2. The third kappa shape index (κ3) is 51.7. The van der Waals surface area contributed by atoms with E-state index in [9.17, 15) is 0 Å². The summed E-state index contributed by atoms with van der Waals surface area (Å²) in [5.41, 5.74) is 5.34. The molecule has 0 bridgehead atoms. The number of nitrogens with one attached hydrogen (secondary N) is 1. The Kier molecular flexibility index (Phi) is 50.2. The third-order valence-corrected chi connectivity index (χ3v) is 6.73. The molecule has 0 fully saturated rings. The Labute approximate surface area is 229 Å². The lowest BCUT2D eigenvalue weighted by Gasteiger charge is -2.04. The predicted molar refractivity (Wildman–Crippen MR) is 166 cm³/mol. The zero-order valence-electron chi connectivity index (χ0n) is 25.3. The van der Waals surface area contributed by atoms with Gasteiger partial charge in [-0.1, -0.05) is 156 Å². The van der Waals surface area contributed by atoms with Gasteiger partial charge in [-0.05, 0) is 45.3 Å². The van der Waals surface area contributed by atoms with Gasteiger partial charge >= 0.3 is 0 Å². The van der Waals surface area contributed by atoms with Crippen molar-refractivity contribution in [1.82, 2.24) is 5.32 Å². The Hall–Kier alpha value is 0.210. The van der Waals surface area contributed by atoms with Crippen LogP contribution in [0.3, 0.4) is 0 Å². The van der Waals surface area contributed by atoms with Crippen molar-refractivity contribution in [1.29, 1.82) is 0 Å². The molecule has 0 amide bonds. The van der Waals surface area contributed by atoms with Gasteiger partial charge in [0.25, 0.3) is 0 Å². The molecule has 3 N–H and O–H groups in total. The van der Waals surface area contributed by atoms with E-state index in [1.165, 1.54) is 167 Å². The fourth-order valence-corrected chi connectivity index (χ4v) is 4.17. The van der Waals surface area contributed by atoms with Crippen molar-refractivity contribution in [2.24, 2.45) is 5.73 Å². The molecule has 0 aliphatic carbocycles.